The van der Waals surface area contributed by atoms with Crippen LogP contribution in [0.4, 0.5) is 0 Å². The topological polar surface area (TPSA) is 733 Å². The Hall–Kier alpha value is -7.60. The van der Waals surface area contributed by atoms with Crippen LogP contribution in [0, 0.1) is 35.5 Å². The largest absolute Gasteiger partial charge is 0.394 e. The van der Waals surface area contributed by atoms with Crippen LogP contribution in [-0.2, 0) is 105 Å². The number of carbonyl (C=O) groups excluding carboxylic acids is 8. The van der Waals surface area contributed by atoms with Gasteiger partial charge in [-0.1, -0.05) is 83.5 Å². The molecular formula is C96H154N12O38. The molecule has 23 N–H and O–H groups in total. The van der Waals surface area contributed by atoms with E-state index in [1.54, 1.807) is 4.90 Å². The number of aliphatic hydroxyl groups is 10. The summed E-state index contributed by atoms with van der Waals surface area (Å²) in [4.78, 5) is 178. The van der Waals surface area contributed by atoms with E-state index in [2.05, 4.69) is 36.6 Å². The van der Waals surface area contributed by atoms with E-state index in [9.17, 15) is 104 Å². The molecule has 146 heavy (non-hydrogen) atoms. The monoisotopic (exact) mass is 2080 g/mol. The van der Waals surface area contributed by atoms with Crippen molar-refractivity contribution in [2.75, 3.05) is 132 Å². The third-order valence-corrected chi connectivity index (χ3v) is 29.1. The molecule has 30 atom stereocenters. The summed E-state index contributed by atoms with van der Waals surface area (Å²) in [7, 11) is 0. The van der Waals surface area contributed by atoms with Gasteiger partial charge in [-0.3, -0.25) is 57.9 Å². The summed E-state index contributed by atoms with van der Waals surface area (Å²) in [5.74, 6) is -9.41. The summed E-state index contributed by atoms with van der Waals surface area (Å²) in [6.07, 6.45) is -25.8. The molecule has 50 heteroatoms. The molecule has 2 aromatic heterocycles. The number of nitrogens with one attached hydrogen (secondary N) is 9. The number of likely N-dealkylation sites (tertiary alicyclic amines) is 1. The van der Waals surface area contributed by atoms with Crippen molar-refractivity contribution in [2.45, 2.75) is 340 Å². The molecule has 5 aliphatic heterocycles. The number of amides is 6. The molecule has 2 aromatic rings. The maximum absolute atomic E-state index is 15.1. The minimum atomic E-state index is -1.98. The maximum Gasteiger partial charge on any atom is 0.326 e. The second-order valence-corrected chi connectivity index (χ2v) is 39.8. The number of aromatic nitrogens is 4. The third-order valence-electron chi connectivity index (χ3n) is 29.1. The van der Waals surface area contributed by atoms with E-state index < -0.39 is 291 Å². The predicted molar refractivity (Wildman–Crippen MR) is 507 cm³/mol. The molecule has 0 radical (unpaired) electrons. The number of carbonyl (C=O) groups is 8. The fraction of sp³-hybridized carbons (Fsp3) is 0.833. The number of H-pyrrole nitrogens is 4. The zero-order valence-electron chi connectivity index (χ0n) is 83.0. The number of ketones is 2. The van der Waals surface area contributed by atoms with Gasteiger partial charge >= 0.3 is 11.4 Å². The Morgan fingerprint density at radius 1 is 0.432 bits per heavy atom. The van der Waals surface area contributed by atoms with Crippen molar-refractivity contribution in [1.82, 2.24) is 51.4 Å². The molecule has 10 aliphatic rings. The van der Waals surface area contributed by atoms with E-state index in [0.29, 0.717) is 38.8 Å². The summed E-state index contributed by atoms with van der Waals surface area (Å²) in [6, 6.07) is -2.91. The van der Waals surface area contributed by atoms with Gasteiger partial charge in [0.05, 0.1) is 122 Å². The second kappa shape index (κ2) is 58.9. The first-order chi connectivity index (χ1) is 70.3. The lowest BCUT2D eigenvalue weighted by atomic mass is 9.79. The van der Waals surface area contributed by atoms with Crippen molar-refractivity contribution in [3.63, 3.8) is 0 Å². The molecule has 10 fully saturated rings. The minimum Gasteiger partial charge on any atom is -0.394 e. The van der Waals surface area contributed by atoms with Gasteiger partial charge in [0.2, 0.25) is 17.7 Å². The van der Waals surface area contributed by atoms with Crippen LogP contribution in [0.1, 0.15) is 195 Å². The van der Waals surface area contributed by atoms with Gasteiger partial charge in [0.15, 0.2) is 36.7 Å². The van der Waals surface area contributed by atoms with Crippen LogP contribution in [-0.4, -0.2) is 420 Å². The maximum atomic E-state index is 15.1. The van der Waals surface area contributed by atoms with Gasteiger partial charge in [-0.05, 0) is 96.3 Å². The summed E-state index contributed by atoms with van der Waals surface area (Å²) in [6.45, 7) is 0.492. The van der Waals surface area contributed by atoms with Crippen LogP contribution >= 0.6 is 0 Å². The highest BCUT2D eigenvalue weighted by Crippen LogP contribution is 2.44. The normalized spacial score (nSPS) is 32.9. The summed E-state index contributed by atoms with van der Waals surface area (Å²) < 4.78 is 100. The predicted octanol–water partition coefficient (Wildman–Crippen LogP) is -5.57. The number of nitrogens with two attached hydrogens (primary N) is 2. The fourth-order valence-electron chi connectivity index (χ4n) is 21.4. The van der Waals surface area contributed by atoms with E-state index in [4.69, 9.17) is 87.3 Å². The number of Topliss-reactive ketones (excluding diaryl/α,β-unsaturated/α-hetero) is 2. The molecule has 7 heterocycles. The van der Waals surface area contributed by atoms with Crippen molar-refractivity contribution >= 4 is 47.0 Å². The molecule has 5 saturated heterocycles. The van der Waals surface area contributed by atoms with Crippen LogP contribution in [0.5, 0.6) is 0 Å². The average Bonchev–Trinajstić information content (AvgIpc) is 0.769. The molecular weight excluding hydrogens is 1930 g/mol. The Bertz CT molecular complexity index is 4300. The highest BCUT2D eigenvalue weighted by atomic mass is 16.8. The Morgan fingerprint density at radius 3 is 1.33 bits per heavy atom. The van der Waals surface area contributed by atoms with Gasteiger partial charge in [0.25, 0.3) is 28.8 Å². The lowest BCUT2D eigenvalue weighted by molar-refractivity contribution is -0.341. The fourth-order valence-corrected chi connectivity index (χ4v) is 21.4. The molecule has 1 unspecified atom stereocenters. The lowest BCUT2D eigenvalue weighted by Gasteiger charge is -2.49. The minimum absolute atomic E-state index is 0.00132. The Morgan fingerprint density at radius 2 is 0.856 bits per heavy atom. The van der Waals surface area contributed by atoms with Crippen LogP contribution in [0.25, 0.3) is 0 Å². The summed E-state index contributed by atoms with van der Waals surface area (Å²) in [5, 5.41) is 128. The lowest BCUT2D eigenvalue weighted by Crippen LogP contribution is -2.68. The molecule has 0 spiro atoms. The van der Waals surface area contributed by atoms with Crippen LogP contribution in [0.3, 0.4) is 0 Å². The van der Waals surface area contributed by atoms with Gasteiger partial charge in [0, 0.05) is 81.5 Å². The van der Waals surface area contributed by atoms with Gasteiger partial charge in [0.1, 0.15) is 122 Å². The average molecular weight is 2080 g/mol. The Labute approximate surface area is 843 Å². The zero-order chi connectivity index (χ0) is 105. The van der Waals surface area contributed by atoms with Crippen molar-refractivity contribution in [3.05, 3.63) is 65.2 Å². The molecule has 0 aromatic carbocycles. The number of aromatic amines is 4. The van der Waals surface area contributed by atoms with Gasteiger partial charge in [-0.25, -0.2) is 9.59 Å². The number of hydrogen-bond donors (Lipinski definition) is 21. The molecule has 0 bridgehead atoms. The highest BCUT2D eigenvalue weighted by molar-refractivity contribution is 5.93. The van der Waals surface area contributed by atoms with Crippen LogP contribution in [0.2, 0.25) is 0 Å². The first-order valence-electron chi connectivity index (χ1n) is 51.9. The SMILES string of the molecule is C[C@@H]1O[C@@H](O[C@@H]2[C@@H](NC(=O)c3cc(=O)[nH]c(=O)[nH]3)C[C@@H](C(=O)NCCOCCN)C[C@H]2O[C@@H]2O[C@H](CO)[C@H](O)[C@H](O[C@@H](CC3CCCCC3)C(=O)N3CCCCC3)C2NC(=O)COCCOCCOCCOCC(=O)C[C@H]2[C@H](O[C@@H]3C[C@H](C(=O)NCCOCCN)C[C@H](NC(=O)c4cc(=O)[nH]c(=O)[nH]4)[C@H]3O[C@@H]3O[C@@H](C)[C@@H](O)[C@@H](O)[C@@H]3O)O[C@H](CO)[C@H](O)[C@@H]2O[C@@H](CC2CCCCC2)C(=O)C2CCCCC2)[C@@H](O)[C@H](O)[C@@H]1O. The van der Waals surface area contributed by atoms with Crippen LogP contribution in [0.15, 0.2) is 31.3 Å². The Balaban J connectivity index is 0.741. The van der Waals surface area contributed by atoms with Gasteiger partial charge in [-0.15, -0.1) is 0 Å². The number of aliphatic hydroxyl groups excluding tert-OH is 10. The molecule has 6 amide bonds. The molecule has 12 rings (SSSR count). The molecule has 50 nitrogen and oxygen atoms in total. The number of hydrogen-bond acceptors (Lipinski definition) is 40. The Kier molecular flexibility index (Phi) is 47.2. The van der Waals surface area contributed by atoms with Crippen molar-refractivity contribution < 1.29 is 165 Å². The quantitative estimate of drug-likeness (QED) is 0.0275. The molecule has 5 aliphatic carbocycles. The summed E-state index contributed by atoms with van der Waals surface area (Å²) in [5.41, 5.74) is 6.23. The van der Waals surface area contributed by atoms with E-state index in [1.165, 1.54) is 13.8 Å². The number of piperidine rings is 1. The first-order valence-corrected chi connectivity index (χ1v) is 51.9. The van der Waals surface area contributed by atoms with Crippen molar-refractivity contribution in [3.8, 4) is 0 Å². The number of rotatable bonds is 53. The first kappa shape index (κ1) is 117. The third kappa shape index (κ3) is 33.5. The van der Waals surface area contributed by atoms with Crippen molar-refractivity contribution in [1.29, 1.82) is 0 Å². The smallest absolute Gasteiger partial charge is 0.326 e. The molecule has 5 saturated carbocycles. The van der Waals surface area contributed by atoms with Crippen molar-refractivity contribution in [2.24, 2.45) is 47.0 Å². The standard InChI is InChI=1S/C96H154N12O38/c1-50-73(115)78(120)80(122)93(137-50)145-83-59(101-88(126)61-44-69(112)106-95(129)103-61)39-55(86(124)99-23-29-131-27-21-97)41-64(83)141-91-58(82(76(118)67(46-109)143-91)139-63(37-52-15-7-3-8-16-52)75(117)54-19-11-5-12-20-54)43-57(111)48-135-35-33-133-31-32-134-34-36-136-49-71(114)105-72-85(140-66(38-53-17-9-4-10-18-53)90(128)108-25-13-6-14-26-108)77(119)68(47-110)144-92(72)142-65-42-56(87(125)100-24-30-132-28-22-98)40-60(102-89(127)62-45-70(113)107-96(130)104-62)84(65)146-94-81(123)79(121)74(116)51(2)138-94/h44-45,50-56,58-60,63-68,72-74,76-85,91-94,109-110,115-116,118-123H,3-43,46-49,97-98H2,1-2H3,(H,99,124)(H,100,125)(H,101,126)(H,102,127)(H,105,114)(H2,103,106,112,129)(H2,104,107,113,130)/t50-,51-,55+,56+,58+,59-,60-,63-,64+,65+,66-,67+,68+,72?,73+,74+,76-,77-,78+,79+,80-,81-,82+,83+,84+,85+,91+,92+,93-,94-/m0/s1. The van der Waals surface area contributed by atoms with E-state index in [1.807, 2.05) is 9.97 Å². The number of nitrogens with zero attached hydrogens (tertiary/aromatic N) is 1. The highest BCUT2D eigenvalue weighted by Gasteiger charge is 2.58. The van der Waals surface area contributed by atoms with Gasteiger partial charge < -0.3 is 180 Å². The van der Waals surface area contributed by atoms with E-state index >= 15 is 4.79 Å². The zero-order valence-corrected chi connectivity index (χ0v) is 83.0. The second-order valence-electron chi connectivity index (χ2n) is 39.8. The number of ether oxygens (including phenoxy) is 16. The summed E-state index contributed by atoms with van der Waals surface area (Å²) >= 11 is 0. The van der Waals surface area contributed by atoms with Gasteiger partial charge in [-0.2, -0.15) is 0 Å². The van der Waals surface area contributed by atoms with E-state index in [0.717, 1.165) is 102 Å². The van der Waals surface area contributed by atoms with Crippen LogP contribution < -0.4 is 60.5 Å². The molecule has 826 valence electrons. The van der Waals surface area contributed by atoms with E-state index in [-0.39, 0.29) is 154 Å².